The van der Waals surface area contributed by atoms with E-state index in [1.165, 1.54) is 0 Å². The largest absolute Gasteiger partial charge is 0.497 e. The second-order valence-electron chi connectivity index (χ2n) is 6.14. The van der Waals surface area contributed by atoms with Gasteiger partial charge < -0.3 is 14.9 Å². The Balaban J connectivity index is 1.49. The monoisotopic (exact) mass is 342 g/mol. The van der Waals surface area contributed by atoms with Crippen molar-refractivity contribution in [2.24, 2.45) is 5.16 Å². The molecule has 0 saturated carbocycles. The minimum Gasteiger partial charge on any atom is -0.497 e. The Labute approximate surface area is 146 Å². The van der Waals surface area contributed by atoms with Crippen molar-refractivity contribution in [3.05, 3.63) is 48.3 Å². The first-order chi connectivity index (χ1) is 12.1. The normalized spacial score (nSPS) is 19.2. The molecule has 0 spiro atoms. The topological polar surface area (TPSA) is 77.7 Å². The molecule has 1 aliphatic rings. The van der Waals surface area contributed by atoms with Gasteiger partial charge in [-0.05, 0) is 49.2 Å². The summed E-state index contributed by atoms with van der Waals surface area (Å²) >= 11 is 0. The second kappa shape index (κ2) is 7.38. The lowest BCUT2D eigenvalue weighted by molar-refractivity contribution is -0.141. The van der Waals surface area contributed by atoms with Crippen molar-refractivity contribution in [3.63, 3.8) is 0 Å². The third-order valence-electron chi connectivity index (χ3n) is 4.17. The van der Waals surface area contributed by atoms with Gasteiger partial charge in [0.25, 0.3) is 5.91 Å². The van der Waals surface area contributed by atoms with Crippen LogP contribution >= 0.6 is 0 Å². The number of carbonyl (C=O) groups is 1. The average molecular weight is 342 g/mol. The Morgan fingerprint density at radius 2 is 2.20 bits per heavy atom. The number of hydrogen-bond acceptors (Lipinski definition) is 5. The summed E-state index contributed by atoms with van der Waals surface area (Å²) in [7, 11) is 1.62. The van der Waals surface area contributed by atoms with Gasteiger partial charge in [-0.2, -0.15) is 5.10 Å². The lowest BCUT2D eigenvalue weighted by atomic mass is 9.95. The Kier molecular flexibility index (Phi) is 5.02. The van der Waals surface area contributed by atoms with Crippen LogP contribution in [0.15, 0.2) is 47.9 Å². The number of aryl methyl sites for hydroxylation is 1. The molecule has 132 valence electrons. The van der Waals surface area contributed by atoms with Crippen LogP contribution < -0.4 is 10.1 Å². The van der Waals surface area contributed by atoms with Gasteiger partial charge in [-0.25, -0.2) is 0 Å². The molecule has 1 N–H and O–H groups in total. The molecule has 1 atom stereocenters. The average Bonchev–Trinajstić information content (AvgIpc) is 3.29. The molecule has 0 aliphatic carbocycles. The van der Waals surface area contributed by atoms with Crippen molar-refractivity contribution < 1.29 is 14.4 Å². The number of methoxy groups -OCH3 is 1. The van der Waals surface area contributed by atoms with Crippen LogP contribution in [0.2, 0.25) is 0 Å². The highest BCUT2D eigenvalue weighted by atomic mass is 16.7. The predicted octanol–water partition coefficient (Wildman–Crippen LogP) is 1.98. The number of benzene rings is 1. The smallest absolute Gasteiger partial charge is 0.267 e. The number of ether oxygens (including phenoxy) is 1. The molecule has 2 heterocycles. The molecule has 0 bridgehead atoms. The molecule has 7 nitrogen and oxygen atoms in total. The Bertz CT molecular complexity index is 740. The summed E-state index contributed by atoms with van der Waals surface area (Å²) in [6.45, 7) is 3.09. The molecule has 1 aromatic heterocycles. The minimum absolute atomic E-state index is 0.153. The molecule has 25 heavy (non-hydrogen) atoms. The van der Waals surface area contributed by atoms with Crippen LogP contribution in [0, 0.1) is 0 Å². The van der Waals surface area contributed by atoms with Crippen molar-refractivity contribution in [2.75, 3.05) is 13.7 Å². The summed E-state index contributed by atoms with van der Waals surface area (Å²) in [4.78, 5) is 17.9. The number of nitrogens with zero attached hydrogens (tertiary/aromatic N) is 3. The van der Waals surface area contributed by atoms with Gasteiger partial charge in [-0.1, -0.05) is 5.16 Å². The van der Waals surface area contributed by atoms with Gasteiger partial charge in [0.1, 0.15) is 5.75 Å². The van der Waals surface area contributed by atoms with Gasteiger partial charge in [-0.3, -0.25) is 9.48 Å². The van der Waals surface area contributed by atoms with Gasteiger partial charge in [0.15, 0.2) is 0 Å². The van der Waals surface area contributed by atoms with E-state index in [9.17, 15) is 4.79 Å². The number of aromatic nitrogens is 2. The van der Waals surface area contributed by atoms with E-state index in [2.05, 4.69) is 15.6 Å². The van der Waals surface area contributed by atoms with E-state index < -0.39 is 5.60 Å². The van der Waals surface area contributed by atoms with E-state index in [4.69, 9.17) is 9.57 Å². The molecule has 1 unspecified atom stereocenters. The summed E-state index contributed by atoms with van der Waals surface area (Å²) in [5.41, 5.74) is 0.717. The maximum absolute atomic E-state index is 12.5. The highest BCUT2D eigenvalue weighted by Gasteiger charge is 2.41. The highest BCUT2D eigenvalue weighted by molar-refractivity contribution is 6.05. The lowest BCUT2D eigenvalue weighted by Gasteiger charge is -2.20. The number of rotatable bonds is 7. The Hall–Kier alpha value is -2.83. The van der Waals surface area contributed by atoms with Gasteiger partial charge in [0.2, 0.25) is 5.60 Å². The summed E-state index contributed by atoms with van der Waals surface area (Å²) < 4.78 is 6.99. The fraction of sp³-hybridized carbons (Fsp3) is 0.389. The maximum atomic E-state index is 12.5. The molecule has 0 radical (unpaired) electrons. The van der Waals surface area contributed by atoms with Crippen molar-refractivity contribution >= 4 is 11.6 Å². The highest BCUT2D eigenvalue weighted by Crippen LogP contribution is 2.27. The first-order valence-corrected chi connectivity index (χ1v) is 8.26. The van der Waals surface area contributed by atoms with Crippen LogP contribution in [0.4, 0.5) is 0 Å². The van der Waals surface area contributed by atoms with Gasteiger partial charge in [-0.15, -0.1) is 0 Å². The molecule has 3 rings (SSSR count). The van der Waals surface area contributed by atoms with Crippen molar-refractivity contribution in [1.29, 1.82) is 0 Å². The Morgan fingerprint density at radius 1 is 1.40 bits per heavy atom. The minimum atomic E-state index is -0.971. The Morgan fingerprint density at radius 3 is 2.88 bits per heavy atom. The summed E-state index contributed by atoms with van der Waals surface area (Å²) in [5.74, 6) is 0.626. The van der Waals surface area contributed by atoms with E-state index in [0.717, 1.165) is 30.0 Å². The van der Waals surface area contributed by atoms with Crippen LogP contribution in [-0.2, 0) is 16.2 Å². The lowest BCUT2D eigenvalue weighted by Crippen LogP contribution is -2.45. The summed E-state index contributed by atoms with van der Waals surface area (Å²) in [6.07, 6.45) is 4.88. The second-order valence-corrected chi connectivity index (χ2v) is 6.14. The van der Waals surface area contributed by atoms with E-state index in [0.29, 0.717) is 13.0 Å². The number of amides is 1. The zero-order valence-corrected chi connectivity index (χ0v) is 14.4. The van der Waals surface area contributed by atoms with E-state index in [1.807, 2.05) is 41.2 Å². The molecule has 1 aliphatic heterocycles. The number of carbonyl (C=O) groups excluding carboxylic acids is 1. The van der Waals surface area contributed by atoms with Crippen LogP contribution in [-0.4, -0.2) is 40.7 Å². The fourth-order valence-corrected chi connectivity index (χ4v) is 2.66. The number of hydrogen-bond donors (Lipinski definition) is 1. The SMILES string of the molecule is COc1ccc(C2=NOC(C)(C(=O)NCCCn3cccn3)C2)cc1. The zero-order chi connectivity index (χ0) is 17.7. The molecule has 0 fully saturated rings. The number of nitrogens with one attached hydrogen (secondary N) is 1. The van der Waals surface area contributed by atoms with E-state index in [-0.39, 0.29) is 5.91 Å². The van der Waals surface area contributed by atoms with Gasteiger partial charge in [0, 0.05) is 31.9 Å². The van der Waals surface area contributed by atoms with E-state index >= 15 is 0 Å². The summed E-state index contributed by atoms with van der Waals surface area (Å²) in [5, 5.41) is 11.2. The van der Waals surface area contributed by atoms with Crippen LogP contribution in [0.5, 0.6) is 5.75 Å². The zero-order valence-electron chi connectivity index (χ0n) is 14.4. The quantitative estimate of drug-likeness (QED) is 0.781. The molecule has 1 amide bonds. The van der Waals surface area contributed by atoms with Crippen LogP contribution in [0.3, 0.4) is 0 Å². The summed E-state index contributed by atoms with van der Waals surface area (Å²) in [6, 6.07) is 9.43. The van der Waals surface area contributed by atoms with Gasteiger partial charge in [0.05, 0.1) is 12.8 Å². The predicted molar refractivity (Wildman–Crippen MR) is 93.5 cm³/mol. The van der Waals surface area contributed by atoms with Crippen molar-refractivity contribution in [2.45, 2.75) is 31.9 Å². The molecular formula is C18H22N4O3. The number of oxime groups is 1. The first-order valence-electron chi connectivity index (χ1n) is 8.26. The first kappa shape index (κ1) is 17.0. The molecule has 1 aromatic carbocycles. The molecular weight excluding hydrogens is 320 g/mol. The van der Waals surface area contributed by atoms with Gasteiger partial charge >= 0.3 is 0 Å². The third-order valence-corrected chi connectivity index (χ3v) is 4.17. The molecule has 7 heteroatoms. The fourth-order valence-electron chi connectivity index (χ4n) is 2.66. The third kappa shape index (κ3) is 3.99. The standard InChI is InChI=1S/C18H22N4O3/c1-18(17(23)19-9-3-11-22-12-4-10-20-22)13-16(21-25-18)14-5-7-15(24-2)8-6-14/h4-8,10,12H,3,9,11,13H2,1-2H3,(H,19,23). The van der Waals surface area contributed by atoms with Crippen molar-refractivity contribution in [3.8, 4) is 5.75 Å². The van der Waals surface area contributed by atoms with E-state index in [1.54, 1.807) is 20.2 Å². The molecule has 0 saturated heterocycles. The molecule has 2 aromatic rings. The van der Waals surface area contributed by atoms with Crippen LogP contribution in [0.1, 0.15) is 25.3 Å². The van der Waals surface area contributed by atoms with Crippen LogP contribution in [0.25, 0.3) is 0 Å². The maximum Gasteiger partial charge on any atom is 0.267 e. The van der Waals surface area contributed by atoms with Crippen molar-refractivity contribution in [1.82, 2.24) is 15.1 Å².